The van der Waals surface area contributed by atoms with Gasteiger partial charge in [-0.25, -0.2) is 0 Å². The summed E-state index contributed by atoms with van der Waals surface area (Å²) >= 11 is 0. The van der Waals surface area contributed by atoms with Crippen molar-refractivity contribution in [3.63, 3.8) is 0 Å². The van der Waals surface area contributed by atoms with Crippen LogP contribution < -0.4 is 0 Å². The molecule has 3 aliphatic rings. The summed E-state index contributed by atoms with van der Waals surface area (Å²) in [5.41, 5.74) is 0. The summed E-state index contributed by atoms with van der Waals surface area (Å²) in [5.74, 6) is 0. The van der Waals surface area contributed by atoms with E-state index in [0.29, 0.717) is 6.40 Å². The molecule has 3 fully saturated rings. The molecule has 3 rings (SSSR count). The van der Waals surface area contributed by atoms with E-state index in [4.69, 9.17) is 4.11 Å². The van der Waals surface area contributed by atoms with Crippen LogP contribution >= 0.6 is 0 Å². The second kappa shape index (κ2) is 536. The zero-order chi connectivity index (χ0) is 49.0. The fourth-order valence-corrected chi connectivity index (χ4v) is 0.704. The second-order valence-electron chi connectivity index (χ2n) is 6.00. The lowest BCUT2D eigenvalue weighted by molar-refractivity contribution is 0.504. The summed E-state index contributed by atoms with van der Waals surface area (Å²) in [7, 11) is 0. The van der Waals surface area contributed by atoms with Gasteiger partial charge in [-0.05, 0) is 27.7 Å². The molecular weight excluding hydrogens is 625 g/mol. The number of hydrogen-bond acceptors (Lipinski definition) is 0. The molecule has 0 aromatic carbocycles. The molecule has 3 saturated carbocycles. The maximum absolute atomic E-state index is 6.91. The van der Waals surface area contributed by atoms with Crippen molar-refractivity contribution in [2.24, 2.45) is 0 Å². The highest BCUT2D eigenvalue weighted by Crippen LogP contribution is 2.15. The molecule has 310 valence electrons. The van der Waals surface area contributed by atoms with Gasteiger partial charge in [0.15, 0.2) is 0 Å². The Bertz CT molecular complexity index is 436. The molecule has 0 aromatic heterocycles. The van der Waals surface area contributed by atoms with Crippen molar-refractivity contribution in [3.05, 3.63) is 234 Å². The van der Waals surface area contributed by atoms with Crippen LogP contribution in [0, 0.1) is 0 Å². The Hall–Kier alpha value is -4.68. The average Bonchev–Trinajstić information content (AvgIpc) is 3.25. The first-order valence-corrected chi connectivity index (χ1v) is 16.8. The van der Waals surface area contributed by atoms with Gasteiger partial charge in [-0.3, -0.25) is 0 Å². The van der Waals surface area contributed by atoms with Crippen LogP contribution in [0.3, 0.4) is 0 Å². The van der Waals surface area contributed by atoms with E-state index in [9.17, 15) is 0 Å². The fourth-order valence-electron chi connectivity index (χ4n) is 0.704. The van der Waals surface area contributed by atoms with Crippen LogP contribution in [-0.4, -0.2) is 0 Å². The number of rotatable bonds is 1. The summed E-state index contributed by atoms with van der Waals surface area (Å²) in [4.78, 5) is 0. The van der Waals surface area contributed by atoms with Crippen molar-refractivity contribution >= 4 is 0 Å². The van der Waals surface area contributed by atoms with Crippen LogP contribution in [0.5, 0.6) is 0 Å². The van der Waals surface area contributed by atoms with E-state index in [0.717, 1.165) is 12.8 Å². The molecule has 0 aromatic rings. The Kier molecular flexibility index (Phi) is 943. The highest BCUT2D eigenvalue weighted by Gasteiger charge is 1.96. The molecule has 0 amide bonds. The Morgan fingerprint density at radius 3 is 0.365 bits per heavy atom. The van der Waals surface area contributed by atoms with Crippen molar-refractivity contribution in [3.8, 4) is 0 Å². The normalized spacial score (nSPS) is 9.50. The van der Waals surface area contributed by atoms with Gasteiger partial charge in [-0.15, -0.1) is 184 Å². The van der Waals surface area contributed by atoms with Gasteiger partial charge in [-0.2, -0.15) is 0 Å². The third-order valence-corrected chi connectivity index (χ3v) is 2.98. The van der Waals surface area contributed by atoms with Gasteiger partial charge in [0.25, 0.3) is 0 Å². The van der Waals surface area contributed by atoms with Crippen LogP contribution in [-0.2, 0) is 0 Å². The fraction of sp³-hybridized carbons (Fsp3) is 0.308. The Balaban J connectivity index is -0.0000000187. The summed E-state index contributed by atoms with van der Waals surface area (Å²) in [6.45, 7) is 95.3. The van der Waals surface area contributed by atoms with Crippen LogP contribution in [0.2, 0.25) is 0 Å². The first kappa shape index (κ1) is 91.4. The molecule has 0 N–H and O–H groups in total. The van der Waals surface area contributed by atoms with E-state index in [2.05, 4.69) is 184 Å². The smallest absolute Gasteiger partial charge is 0.0534 e. The Labute approximate surface area is 341 Å². The topological polar surface area (TPSA) is 0 Å². The SMILES string of the molecule is C1CCC1.C1CCC1.C=C.C=C.C=C.C=C.C=C.C=C.C=C.C=C.C=C.C=C.C=C.C=C.C=CC.C=CC.C=CC=C.[3H]C1CCC1.[3H]C=CC.[3H]C=CC. The molecule has 0 spiro atoms. The van der Waals surface area contributed by atoms with Crippen LogP contribution in [0.25, 0.3) is 0 Å². The standard InChI is InChI=1S/3C4H8.C4H6.4C3H6.12C2H4/c3*1-2-4-3-1;1-3-4-2;4*1-3-2;12*1-2/h3*1-4H2;3-4H,1-2H2;4*3H,1H2,2H3;12*1-2H2/i1T;;;;2*1T;;;;;;;;;;;;;;. The van der Waals surface area contributed by atoms with Crippen LogP contribution in [0.1, 0.15) is 109 Å². The number of allylic oxidation sites excluding steroid dienone is 6. The first-order chi connectivity index (χ1) is 27.0. The molecule has 0 nitrogen and oxygen atoms in total. The Morgan fingerprint density at radius 2 is 0.365 bits per heavy atom. The van der Waals surface area contributed by atoms with Gasteiger partial charge in [0.05, 0.1) is 2.74 Å². The van der Waals surface area contributed by atoms with E-state index >= 15 is 0 Å². The molecular formula is C52H102. The van der Waals surface area contributed by atoms with Crippen LogP contribution in [0.15, 0.2) is 234 Å². The monoisotopic (exact) mass is 733 g/mol. The van der Waals surface area contributed by atoms with E-state index in [-0.39, 0.29) is 0 Å². The molecule has 0 heteroatoms. The minimum absolute atomic E-state index is 0.315. The molecule has 52 heavy (non-hydrogen) atoms. The van der Waals surface area contributed by atoms with Gasteiger partial charge in [0, 0.05) is 1.37 Å². The number of hydrogen-bond donors (Lipinski definition) is 0. The van der Waals surface area contributed by atoms with Gasteiger partial charge < -0.3 is 0 Å². The van der Waals surface area contributed by atoms with Gasteiger partial charge in [0.1, 0.15) is 0 Å². The largest absolute Gasteiger partial charge is 0.106 e. The zero-order valence-electron chi connectivity index (χ0n) is 39.8. The lowest BCUT2D eigenvalue weighted by atomic mass is 10.0. The minimum atomic E-state index is 0.315. The third kappa shape index (κ3) is 1290. The quantitative estimate of drug-likeness (QED) is 0.186. The average molecular weight is 733 g/mol. The van der Waals surface area contributed by atoms with Gasteiger partial charge in [0.2, 0.25) is 0 Å². The first-order valence-electron chi connectivity index (χ1n) is 18.5. The van der Waals surface area contributed by atoms with Crippen molar-refractivity contribution in [2.75, 3.05) is 0 Å². The maximum atomic E-state index is 6.91. The van der Waals surface area contributed by atoms with Crippen LogP contribution in [0.4, 0.5) is 0 Å². The zero-order valence-corrected chi connectivity index (χ0v) is 36.8. The summed E-state index contributed by atoms with van der Waals surface area (Å²) in [5, 5.41) is 0. The molecule has 0 bridgehead atoms. The van der Waals surface area contributed by atoms with E-state index in [1.165, 1.54) is 70.9 Å². The lowest BCUT2D eigenvalue weighted by Crippen LogP contribution is -1.85. The predicted octanol–water partition coefficient (Wildman–Crippen LogP) is 20.4. The van der Waals surface area contributed by atoms with Crippen molar-refractivity contribution in [1.29, 1.82) is 0 Å². The van der Waals surface area contributed by atoms with Crippen molar-refractivity contribution < 1.29 is 4.11 Å². The third-order valence-electron chi connectivity index (χ3n) is 2.98. The molecule has 0 saturated heterocycles. The Morgan fingerprint density at radius 1 is 0.288 bits per heavy atom. The van der Waals surface area contributed by atoms with Gasteiger partial charge >= 0.3 is 0 Å². The molecule has 0 atom stereocenters. The van der Waals surface area contributed by atoms with Gasteiger partial charge in [-0.1, -0.05) is 127 Å². The van der Waals surface area contributed by atoms with E-state index in [1.807, 2.05) is 27.7 Å². The van der Waals surface area contributed by atoms with Crippen molar-refractivity contribution in [2.45, 2.75) is 105 Å². The maximum Gasteiger partial charge on any atom is 0.0534 e. The molecule has 0 aliphatic heterocycles. The van der Waals surface area contributed by atoms with E-state index < -0.39 is 0 Å². The van der Waals surface area contributed by atoms with E-state index in [1.54, 1.807) is 36.5 Å². The summed E-state index contributed by atoms with van der Waals surface area (Å²) in [6.07, 6.45) is 26.0. The minimum Gasteiger partial charge on any atom is -0.106 e. The second-order valence-corrected chi connectivity index (χ2v) is 6.00. The molecule has 0 heterocycles. The highest BCUT2D eigenvalue weighted by molar-refractivity contribution is 4.88. The molecule has 0 radical (unpaired) electrons. The predicted molar refractivity (Wildman–Crippen MR) is 274 cm³/mol. The summed E-state index contributed by atoms with van der Waals surface area (Å²) < 4.78 is 19.5. The lowest BCUT2D eigenvalue weighted by Gasteiger charge is -2.05. The molecule has 0 unspecified atom stereocenters. The summed E-state index contributed by atoms with van der Waals surface area (Å²) in [6, 6.07) is 0. The highest BCUT2D eigenvalue weighted by atomic mass is 14.0. The molecule has 3 aliphatic carbocycles. The van der Waals surface area contributed by atoms with Crippen molar-refractivity contribution in [1.82, 2.24) is 0 Å².